The van der Waals surface area contributed by atoms with Gasteiger partial charge in [-0.2, -0.15) is 18.4 Å². The van der Waals surface area contributed by atoms with Gasteiger partial charge in [-0.15, -0.1) is 10.2 Å². The van der Waals surface area contributed by atoms with Crippen LogP contribution in [0.4, 0.5) is 24.0 Å². The molecule has 0 saturated heterocycles. The van der Waals surface area contributed by atoms with Crippen LogP contribution in [0.5, 0.6) is 17.2 Å². The summed E-state index contributed by atoms with van der Waals surface area (Å²) in [4.78, 5) is 22.7. The fraction of sp³-hybridized carbons (Fsp3) is 0.0769. The van der Waals surface area contributed by atoms with Crippen LogP contribution >= 0.6 is 11.3 Å². The summed E-state index contributed by atoms with van der Waals surface area (Å²) in [5, 5.41) is 32.0. The van der Waals surface area contributed by atoms with Crippen molar-refractivity contribution >= 4 is 39.7 Å². The summed E-state index contributed by atoms with van der Waals surface area (Å²) in [6.45, 7) is 0. The molecule has 1 amide bonds. The molecule has 0 fully saturated rings. The number of nitro groups is 1. The Bertz CT molecular complexity index is 1650. The number of nitro benzene ring substituents is 1. The Labute approximate surface area is 228 Å². The molecule has 0 bridgehead atoms. The lowest BCUT2D eigenvalue weighted by Crippen LogP contribution is -2.11. The van der Waals surface area contributed by atoms with E-state index in [2.05, 4.69) is 15.5 Å². The van der Waals surface area contributed by atoms with Gasteiger partial charge in [0.1, 0.15) is 6.07 Å². The third-order valence-corrected chi connectivity index (χ3v) is 6.11. The zero-order chi connectivity index (χ0) is 28.9. The maximum absolute atomic E-state index is 13.0. The summed E-state index contributed by atoms with van der Waals surface area (Å²) in [7, 11) is 1.30. The summed E-state index contributed by atoms with van der Waals surface area (Å²) >= 11 is 0.985. The van der Waals surface area contributed by atoms with Crippen molar-refractivity contribution < 1.29 is 32.4 Å². The highest BCUT2D eigenvalue weighted by atomic mass is 32.1. The number of nitrogens with one attached hydrogen (secondary N) is 1. The molecule has 3 aromatic carbocycles. The monoisotopic (exact) mass is 567 g/mol. The molecule has 0 aliphatic rings. The minimum Gasteiger partial charge on any atom is -0.493 e. The number of aromatic nitrogens is 2. The Morgan fingerprint density at radius 1 is 1.07 bits per heavy atom. The topological polar surface area (TPSA) is 140 Å². The van der Waals surface area contributed by atoms with Crippen LogP contribution in [0.1, 0.15) is 26.5 Å². The summed E-state index contributed by atoms with van der Waals surface area (Å²) in [6.07, 6.45) is -3.30. The molecule has 0 unspecified atom stereocenters. The Kier molecular flexibility index (Phi) is 8.06. The van der Waals surface area contributed by atoms with Gasteiger partial charge in [-0.3, -0.25) is 20.2 Å². The summed E-state index contributed by atoms with van der Waals surface area (Å²) in [6, 6.07) is 16.7. The van der Waals surface area contributed by atoms with Crippen LogP contribution in [0.15, 0.2) is 66.7 Å². The molecule has 1 N–H and O–H groups in total. The first kappa shape index (κ1) is 27.7. The van der Waals surface area contributed by atoms with Gasteiger partial charge in [-0.05, 0) is 48.0 Å². The highest BCUT2D eigenvalue weighted by Gasteiger charge is 2.33. The van der Waals surface area contributed by atoms with E-state index in [-0.39, 0.29) is 33.1 Å². The number of alkyl halides is 3. The molecule has 10 nitrogen and oxygen atoms in total. The number of methoxy groups -OCH3 is 1. The Balaban J connectivity index is 1.57. The van der Waals surface area contributed by atoms with Gasteiger partial charge in [-0.25, -0.2) is 0 Å². The predicted octanol–water partition coefficient (Wildman–Crippen LogP) is 6.58. The van der Waals surface area contributed by atoms with Crippen molar-refractivity contribution in [3.05, 3.63) is 98.5 Å². The molecule has 0 spiro atoms. The second-order valence-electron chi connectivity index (χ2n) is 7.85. The van der Waals surface area contributed by atoms with Gasteiger partial charge < -0.3 is 9.47 Å². The fourth-order valence-electron chi connectivity index (χ4n) is 3.35. The lowest BCUT2D eigenvalue weighted by molar-refractivity contribution is -0.385. The third-order valence-electron chi connectivity index (χ3n) is 5.23. The number of carbonyl (C=O) groups excluding carboxylic acids is 1. The molecular formula is C26H16F3N5O5S. The number of carbonyl (C=O) groups is 1. The van der Waals surface area contributed by atoms with E-state index in [1.165, 1.54) is 31.4 Å². The van der Waals surface area contributed by atoms with Gasteiger partial charge in [-0.1, -0.05) is 35.6 Å². The van der Waals surface area contributed by atoms with Gasteiger partial charge in [0.2, 0.25) is 10.9 Å². The quantitative estimate of drug-likeness (QED) is 0.143. The number of ether oxygens (including phenoxy) is 2. The first-order valence-corrected chi connectivity index (χ1v) is 11.9. The van der Waals surface area contributed by atoms with Crippen molar-refractivity contribution in [3.63, 3.8) is 0 Å². The van der Waals surface area contributed by atoms with Crippen molar-refractivity contribution in [1.29, 1.82) is 5.26 Å². The standard InChI is InChI=1S/C26H16F3N5O5S/c1-38-22-12-15(7-9-21(22)39-20-10-8-18(26(27,28)29)13-19(20)34(36)37)11-17(14-30)24-32-33-25(40-24)31-23(35)16-5-3-2-4-6-16/h2-13H,1H3,(H,31,33,35)/b17-11+. The van der Waals surface area contributed by atoms with E-state index < -0.39 is 28.1 Å². The average molecular weight is 568 g/mol. The molecule has 4 aromatic rings. The van der Waals surface area contributed by atoms with Crippen LogP contribution in [0.25, 0.3) is 11.6 Å². The normalized spacial score (nSPS) is 11.4. The largest absolute Gasteiger partial charge is 0.493 e. The van der Waals surface area contributed by atoms with E-state index in [1.54, 1.807) is 30.3 Å². The van der Waals surface area contributed by atoms with Crippen molar-refractivity contribution in [2.75, 3.05) is 12.4 Å². The van der Waals surface area contributed by atoms with Crippen molar-refractivity contribution in [2.24, 2.45) is 0 Å². The third kappa shape index (κ3) is 6.40. The number of allylic oxidation sites excluding steroid dienone is 1. The number of nitrogens with zero attached hydrogens (tertiary/aromatic N) is 4. The molecule has 14 heteroatoms. The first-order valence-electron chi connectivity index (χ1n) is 11.1. The molecular weight excluding hydrogens is 551 g/mol. The van der Waals surface area contributed by atoms with E-state index in [0.717, 1.165) is 17.4 Å². The summed E-state index contributed by atoms with van der Waals surface area (Å²) in [5.74, 6) is -0.730. The zero-order valence-electron chi connectivity index (χ0n) is 20.3. The van der Waals surface area contributed by atoms with Crippen LogP contribution in [-0.4, -0.2) is 28.1 Å². The molecule has 202 valence electrons. The number of rotatable bonds is 8. The molecule has 0 radical (unpaired) electrons. The number of hydrogen-bond acceptors (Lipinski definition) is 9. The number of nitriles is 1. The number of halogens is 3. The van der Waals surface area contributed by atoms with Crippen molar-refractivity contribution in [3.8, 4) is 23.3 Å². The van der Waals surface area contributed by atoms with E-state index in [1.807, 2.05) is 6.07 Å². The maximum Gasteiger partial charge on any atom is 0.416 e. The summed E-state index contributed by atoms with van der Waals surface area (Å²) < 4.78 is 49.8. The second-order valence-corrected chi connectivity index (χ2v) is 8.83. The maximum atomic E-state index is 13.0. The highest BCUT2D eigenvalue weighted by molar-refractivity contribution is 7.16. The lowest BCUT2D eigenvalue weighted by atomic mass is 10.1. The van der Waals surface area contributed by atoms with Gasteiger partial charge in [0.15, 0.2) is 16.5 Å². The molecule has 0 saturated carbocycles. The first-order chi connectivity index (χ1) is 19.1. The summed E-state index contributed by atoms with van der Waals surface area (Å²) in [5.41, 5.74) is -1.08. The van der Waals surface area contributed by atoms with Gasteiger partial charge in [0, 0.05) is 11.6 Å². The van der Waals surface area contributed by atoms with Crippen LogP contribution in [-0.2, 0) is 6.18 Å². The van der Waals surface area contributed by atoms with E-state index >= 15 is 0 Å². The number of hydrogen-bond donors (Lipinski definition) is 1. The van der Waals surface area contributed by atoms with Crippen molar-refractivity contribution in [2.45, 2.75) is 6.18 Å². The van der Waals surface area contributed by atoms with Gasteiger partial charge in [0.05, 0.1) is 23.2 Å². The second kappa shape index (κ2) is 11.6. The zero-order valence-corrected chi connectivity index (χ0v) is 21.1. The average Bonchev–Trinajstić information content (AvgIpc) is 3.40. The van der Waals surface area contributed by atoms with E-state index in [9.17, 15) is 33.3 Å². The number of amides is 1. The minimum atomic E-state index is -4.77. The lowest BCUT2D eigenvalue weighted by Gasteiger charge is -2.13. The van der Waals surface area contributed by atoms with Gasteiger partial charge in [0.25, 0.3) is 5.91 Å². The highest BCUT2D eigenvalue weighted by Crippen LogP contribution is 2.40. The van der Waals surface area contributed by atoms with Crippen LogP contribution in [0, 0.1) is 21.4 Å². The molecule has 0 aliphatic heterocycles. The predicted molar refractivity (Wildman–Crippen MR) is 139 cm³/mol. The fourth-order valence-corrected chi connectivity index (χ4v) is 4.05. The minimum absolute atomic E-state index is 0.0113. The Hall–Kier alpha value is -5.29. The van der Waals surface area contributed by atoms with Crippen LogP contribution in [0.3, 0.4) is 0 Å². The number of anilines is 1. The molecule has 0 atom stereocenters. The molecule has 0 aliphatic carbocycles. The number of benzene rings is 3. The van der Waals surface area contributed by atoms with E-state index in [0.29, 0.717) is 23.3 Å². The van der Waals surface area contributed by atoms with Crippen LogP contribution in [0.2, 0.25) is 0 Å². The molecule has 1 aromatic heterocycles. The molecule has 4 rings (SSSR count). The van der Waals surface area contributed by atoms with Crippen LogP contribution < -0.4 is 14.8 Å². The molecule has 1 heterocycles. The Morgan fingerprint density at radius 2 is 1.80 bits per heavy atom. The van der Waals surface area contributed by atoms with Crippen molar-refractivity contribution in [1.82, 2.24) is 10.2 Å². The van der Waals surface area contributed by atoms with Gasteiger partial charge >= 0.3 is 11.9 Å². The SMILES string of the molecule is COc1cc(/C=C(\C#N)c2nnc(NC(=O)c3ccccc3)s2)ccc1Oc1ccc(C(F)(F)F)cc1[N+](=O)[O-]. The smallest absolute Gasteiger partial charge is 0.416 e. The Morgan fingerprint density at radius 3 is 2.45 bits per heavy atom. The molecule has 40 heavy (non-hydrogen) atoms. The van der Waals surface area contributed by atoms with E-state index in [4.69, 9.17) is 9.47 Å².